The van der Waals surface area contributed by atoms with Gasteiger partial charge < -0.3 is 4.74 Å². The van der Waals surface area contributed by atoms with Gasteiger partial charge in [-0.05, 0) is 31.5 Å². The first-order valence-electron chi connectivity index (χ1n) is 7.09. The number of amides is 1. The van der Waals surface area contributed by atoms with Crippen molar-refractivity contribution in [2.75, 3.05) is 6.61 Å². The number of benzene rings is 1. The van der Waals surface area contributed by atoms with Crippen LogP contribution in [-0.4, -0.2) is 23.7 Å². The number of carbonyl (C=O) groups is 1. The van der Waals surface area contributed by atoms with Crippen molar-refractivity contribution < 1.29 is 9.53 Å². The molecule has 0 saturated heterocycles. The Morgan fingerprint density at radius 3 is 2.92 bits per heavy atom. The minimum absolute atomic E-state index is 0.139. The van der Waals surface area contributed by atoms with Crippen LogP contribution in [0, 0.1) is 25.2 Å². The molecule has 0 fully saturated rings. The summed E-state index contributed by atoms with van der Waals surface area (Å²) in [6, 6.07) is 10.9. The predicted molar refractivity (Wildman–Crippen MR) is 91.1 cm³/mol. The molecule has 122 valence electrons. The number of nitriles is 1. The summed E-state index contributed by atoms with van der Waals surface area (Å²) in [5.74, 6) is -0.330. The Labute approximate surface area is 144 Å². The molecule has 2 aromatic rings. The van der Waals surface area contributed by atoms with E-state index in [1.54, 1.807) is 38.1 Å². The molecule has 0 radical (unpaired) electrons. The maximum Gasteiger partial charge on any atom is 0.278 e. The lowest BCUT2D eigenvalue weighted by atomic mass is 10.1. The van der Waals surface area contributed by atoms with Gasteiger partial charge in [0, 0.05) is 16.3 Å². The van der Waals surface area contributed by atoms with E-state index in [1.165, 1.54) is 6.21 Å². The first-order valence-corrected chi connectivity index (χ1v) is 7.46. The first-order chi connectivity index (χ1) is 11.5. The quantitative estimate of drug-likeness (QED) is 0.668. The van der Waals surface area contributed by atoms with Crippen LogP contribution in [0.2, 0.25) is 5.02 Å². The average molecular weight is 343 g/mol. The molecular formula is C17H15ClN4O2. The average Bonchev–Trinajstić information content (AvgIpc) is 2.54. The Morgan fingerprint density at radius 1 is 1.46 bits per heavy atom. The molecule has 0 aliphatic carbocycles. The molecule has 1 aromatic carbocycles. The van der Waals surface area contributed by atoms with E-state index >= 15 is 0 Å². The molecule has 0 spiro atoms. The third kappa shape index (κ3) is 4.54. The molecule has 1 heterocycles. The summed E-state index contributed by atoms with van der Waals surface area (Å²) >= 11 is 5.98. The second-order valence-electron chi connectivity index (χ2n) is 4.98. The second kappa shape index (κ2) is 8.09. The van der Waals surface area contributed by atoms with Crippen molar-refractivity contribution in [2.45, 2.75) is 13.8 Å². The summed E-state index contributed by atoms with van der Waals surface area (Å²) in [5.41, 5.74) is 4.78. The summed E-state index contributed by atoms with van der Waals surface area (Å²) in [5, 5.41) is 13.5. The van der Waals surface area contributed by atoms with Crippen molar-refractivity contribution in [3.8, 4) is 11.9 Å². The minimum atomic E-state index is -0.469. The number of hydrazone groups is 1. The van der Waals surface area contributed by atoms with Gasteiger partial charge in [0.05, 0.1) is 6.21 Å². The normalized spacial score (nSPS) is 10.4. The number of ether oxygens (including phenoxy) is 1. The topological polar surface area (TPSA) is 87.4 Å². The number of hydrogen-bond acceptors (Lipinski definition) is 5. The number of pyridine rings is 1. The fourth-order valence-corrected chi connectivity index (χ4v) is 2.15. The van der Waals surface area contributed by atoms with Crippen molar-refractivity contribution >= 4 is 23.7 Å². The zero-order chi connectivity index (χ0) is 17.5. The zero-order valence-electron chi connectivity index (χ0n) is 13.2. The van der Waals surface area contributed by atoms with Crippen molar-refractivity contribution in [1.29, 1.82) is 5.26 Å². The van der Waals surface area contributed by atoms with Gasteiger partial charge in [-0.15, -0.1) is 0 Å². The SMILES string of the molecule is Cc1cc(C)c(C#N)c(OCC(=O)NN=Cc2ccccc2Cl)n1. The number of rotatable bonds is 5. The van der Waals surface area contributed by atoms with Crippen molar-refractivity contribution in [3.63, 3.8) is 0 Å². The lowest BCUT2D eigenvalue weighted by Gasteiger charge is -2.08. The molecule has 2 rings (SSSR count). The van der Waals surface area contributed by atoms with Crippen LogP contribution in [0.3, 0.4) is 0 Å². The number of hydrogen-bond donors (Lipinski definition) is 1. The highest BCUT2D eigenvalue weighted by atomic mass is 35.5. The molecule has 1 aromatic heterocycles. The van der Waals surface area contributed by atoms with Crippen LogP contribution in [-0.2, 0) is 4.79 Å². The molecule has 6 nitrogen and oxygen atoms in total. The predicted octanol–water partition coefficient (Wildman–Crippen LogP) is 2.75. The van der Waals surface area contributed by atoms with E-state index in [4.69, 9.17) is 21.6 Å². The van der Waals surface area contributed by atoms with Gasteiger partial charge in [0.2, 0.25) is 5.88 Å². The van der Waals surface area contributed by atoms with E-state index in [1.807, 2.05) is 12.1 Å². The number of carbonyl (C=O) groups excluding carboxylic acids is 1. The van der Waals surface area contributed by atoms with Gasteiger partial charge in [-0.2, -0.15) is 10.4 Å². The summed E-state index contributed by atoms with van der Waals surface area (Å²) in [6.07, 6.45) is 1.44. The first kappa shape index (κ1) is 17.4. The summed E-state index contributed by atoms with van der Waals surface area (Å²) in [6.45, 7) is 3.27. The molecule has 7 heteroatoms. The summed E-state index contributed by atoms with van der Waals surface area (Å²) in [7, 11) is 0. The van der Waals surface area contributed by atoms with E-state index in [-0.39, 0.29) is 12.5 Å². The lowest BCUT2D eigenvalue weighted by molar-refractivity contribution is -0.123. The molecule has 1 N–H and O–H groups in total. The third-order valence-electron chi connectivity index (χ3n) is 3.06. The molecule has 0 bridgehead atoms. The zero-order valence-corrected chi connectivity index (χ0v) is 14.0. The van der Waals surface area contributed by atoms with Gasteiger partial charge in [0.25, 0.3) is 5.91 Å². The van der Waals surface area contributed by atoms with E-state index in [0.29, 0.717) is 21.8 Å². The van der Waals surface area contributed by atoms with Gasteiger partial charge in [-0.25, -0.2) is 10.4 Å². The monoisotopic (exact) mass is 342 g/mol. The maximum atomic E-state index is 11.8. The Bertz CT molecular complexity index is 828. The number of nitrogens with zero attached hydrogens (tertiary/aromatic N) is 3. The van der Waals surface area contributed by atoms with Crippen LogP contribution >= 0.6 is 11.6 Å². The Balaban J connectivity index is 1.95. The van der Waals surface area contributed by atoms with E-state index < -0.39 is 5.91 Å². The highest BCUT2D eigenvalue weighted by Gasteiger charge is 2.11. The summed E-state index contributed by atoms with van der Waals surface area (Å²) < 4.78 is 5.33. The Morgan fingerprint density at radius 2 is 2.21 bits per heavy atom. The molecule has 0 aliphatic rings. The van der Waals surface area contributed by atoms with Gasteiger partial charge >= 0.3 is 0 Å². The van der Waals surface area contributed by atoms with Crippen LogP contribution < -0.4 is 10.2 Å². The third-order valence-corrected chi connectivity index (χ3v) is 3.41. The Hall–Kier alpha value is -2.91. The fraction of sp³-hybridized carbons (Fsp3) is 0.176. The molecule has 0 unspecified atom stereocenters. The van der Waals surface area contributed by atoms with E-state index in [0.717, 1.165) is 5.56 Å². The van der Waals surface area contributed by atoms with Crippen LogP contribution in [0.25, 0.3) is 0 Å². The maximum absolute atomic E-state index is 11.8. The number of aryl methyl sites for hydroxylation is 2. The van der Waals surface area contributed by atoms with Crippen LogP contribution in [0.1, 0.15) is 22.4 Å². The molecule has 0 saturated carbocycles. The second-order valence-corrected chi connectivity index (χ2v) is 5.38. The Kier molecular flexibility index (Phi) is 5.88. The van der Waals surface area contributed by atoms with Crippen molar-refractivity contribution in [3.05, 3.63) is 57.7 Å². The van der Waals surface area contributed by atoms with Gasteiger partial charge in [-0.1, -0.05) is 29.8 Å². The summed E-state index contributed by atoms with van der Waals surface area (Å²) in [4.78, 5) is 15.9. The number of halogens is 1. The van der Waals surface area contributed by atoms with Crippen LogP contribution in [0.15, 0.2) is 35.4 Å². The van der Waals surface area contributed by atoms with Crippen LogP contribution in [0.4, 0.5) is 0 Å². The van der Waals surface area contributed by atoms with Gasteiger partial charge in [0.1, 0.15) is 11.6 Å². The van der Waals surface area contributed by atoms with Crippen molar-refractivity contribution in [1.82, 2.24) is 10.4 Å². The van der Waals surface area contributed by atoms with E-state index in [9.17, 15) is 4.79 Å². The van der Waals surface area contributed by atoms with Gasteiger partial charge in [0.15, 0.2) is 6.61 Å². The number of nitrogens with one attached hydrogen (secondary N) is 1. The molecular weight excluding hydrogens is 328 g/mol. The standard InChI is InChI=1S/C17H15ClN4O2/c1-11-7-12(2)21-17(14(11)8-19)24-10-16(23)22-20-9-13-5-3-4-6-15(13)18/h3-7,9H,10H2,1-2H3,(H,22,23). The largest absolute Gasteiger partial charge is 0.467 e. The molecule has 1 amide bonds. The van der Waals surface area contributed by atoms with E-state index in [2.05, 4.69) is 15.5 Å². The smallest absolute Gasteiger partial charge is 0.278 e. The van der Waals surface area contributed by atoms with Gasteiger partial charge in [-0.3, -0.25) is 4.79 Å². The van der Waals surface area contributed by atoms with Crippen LogP contribution in [0.5, 0.6) is 5.88 Å². The van der Waals surface area contributed by atoms with Crippen molar-refractivity contribution in [2.24, 2.45) is 5.10 Å². The highest BCUT2D eigenvalue weighted by molar-refractivity contribution is 6.33. The molecule has 24 heavy (non-hydrogen) atoms. The fourth-order valence-electron chi connectivity index (χ4n) is 1.96. The minimum Gasteiger partial charge on any atom is -0.467 e. The molecule has 0 aliphatic heterocycles. The lowest BCUT2D eigenvalue weighted by Crippen LogP contribution is -2.25. The highest BCUT2D eigenvalue weighted by Crippen LogP contribution is 2.19. The number of aromatic nitrogens is 1. The molecule has 0 atom stereocenters.